The Bertz CT molecular complexity index is 1810. The first-order valence-corrected chi connectivity index (χ1v) is 27.5. The smallest absolute Gasteiger partial charge is 0.329 e. The molecular weight excluding hydrogens is 919 g/mol. The summed E-state index contributed by atoms with van der Waals surface area (Å²) in [7, 11) is 3.18. The van der Waals surface area contributed by atoms with Crippen LogP contribution in [0.5, 0.6) is 0 Å². The first kappa shape index (κ1) is 61.5. The van der Waals surface area contributed by atoms with Crippen LogP contribution in [0.15, 0.2) is 48.1 Å². The van der Waals surface area contributed by atoms with E-state index in [1.807, 2.05) is 32.1 Å². The predicted molar refractivity (Wildman–Crippen MR) is 279 cm³/mol. The Kier molecular flexibility index (Phi) is 26.0. The molecule has 0 radical (unpaired) electrons. The third kappa shape index (κ3) is 18.3. The van der Waals surface area contributed by atoms with Crippen molar-refractivity contribution >= 4 is 23.4 Å². The first-order valence-electron chi connectivity index (χ1n) is 27.5. The molecule has 0 spiro atoms. The van der Waals surface area contributed by atoms with Crippen LogP contribution in [0.2, 0.25) is 0 Å². The number of piperidine rings is 1. The van der Waals surface area contributed by atoms with Gasteiger partial charge in [-0.05, 0) is 144 Å². The molecule has 410 valence electrons. The Labute approximate surface area is 432 Å². The van der Waals surface area contributed by atoms with Crippen molar-refractivity contribution in [1.82, 2.24) is 4.90 Å². The van der Waals surface area contributed by atoms with Gasteiger partial charge in [-0.1, -0.05) is 78.5 Å². The normalized spacial score (nSPS) is 29.0. The molecule has 14 nitrogen and oxygen atoms in total. The highest BCUT2D eigenvalue weighted by atomic mass is 16.6. The maximum atomic E-state index is 14.5. The quantitative estimate of drug-likeness (QED) is 0.0292. The number of allylic oxidation sites excluding steroid dienone is 5. The second-order valence-electron chi connectivity index (χ2n) is 22.5. The zero-order chi connectivity index (χ0) is 53.1. The number of hydrogen-bond donors (Lipinski definition) is 3. The van der Waals surface area contributed by atoms with Crippen molar-refractivity contribution in [3.05, 3.63) is 48.1 Å². The molecule has 3 aliphatic heterocycles. The minimum Gasteiger partial charge on any atom is -0.460 e. The van der Waals surface area contributed by atoms with Gasteiger partial charge in [0, 0.05) is 65.3 Å². The molecule has 14 atom stereocenters. The van der Waals surface area contributed by atoms with Gasteiger partial charge in [0.25, 0.3) is 11.7 Å². The van der Waals surface area contributed by atoms with Crippen LogP contribution in [-0.4, -0.2) is 139 Å². The Balaban J connectivity index is 1.52. The fraction of sp³-hybridized carbons (Fsp3) is 0.793. The van der Waals surface area contributed by atoms with E-state index in [4.69, 9.17) is 28.4 Å². The third-order valence-corrected chi connectivity index (χ3v) is 16.1. The second kappa shape index (κ2) is 30.5. The summed E-state index contributed by atoms with van der Waals surface area (Å²) in [4.78, 5) is 58.8. The standard InChI is InChI=1S/C58H95NO13/c1-12-13-14-17-39(5)50(70-29-25-44-23-27-69-28-24-44)35-46-21-19-43(9)58(66,72-46)55(63)56(64)59-26-16-15-18-47(59)57(65)71-51(41(7)33-45-20-22-48(60)52(34-45)67-10)36-49(61)40(6)32-42(8)54(62)53(68-11)31-38(4)30-37(2)3/h12-14,17,32,37-38,40-41,43-48,50-54,60,62,66H,1,15-16,18-31,33-36H2,2-11H3/b14-13+,39-17+,42-32+/t38-,40-,41-,43-,45+,46+,47?,48-,50?,51+,52-,53+,54-,58-/m1/s1. The molecule has 3 heterocycles. The fourth-order valence-corrected chi connectivity index (χ4v) is 11.5. The van der Waals surface area contributed by atoms with Crippen LogP contribution in [0, 0.1) is 41.4 Å². The number of aliphatic hydroxyl groups is 3. The average Bonchev–Trinajstić information content (AvgIpc) is 3.35. The molecule has 4 fully saturated rings. The molecule has 14 heteroatoms. The number of esters is 1. The maximum Gasteiger partial charge on any atom is 0.329 e. The molecule has 72 heavy (non-hydrogen) atoms. The van der Waals surface area contributed by atoms with Crippen molar-refractivity contribution in [2.75, 3.05) is 40.6 Å². The summed E-state index contributed by atoms with van der Waals surface area (Å²) in [6.07, 6.45) is 14.7. The molecule has 0 aromatic rings. The SMILES string of the molecule is C=C/C=C/C=C(\C)C(C[C@@H]1CC[C@@H](C)[C@](O)(C(=O)C(=O)N2CCCCC2C(=O)O[C@@H](CC(=O)[C@H](C)/C=C(\C)[C@@H](O)[C@H](C[C@H](C)CC(C)C)OC)[C@H](C)C[C@@H]2CC[C@@H](O)[C@H](OC)C2)O1)OCCC1CCOCC1. The zero-order valence-electron chi connectivity index (χ0n) is 45.8. The molecule has 4 rings (SSSR count). The van der Waals surface area contributed by atoms with Gasteiger partial charge in [-0.25, -0.2) is 4.79 Å². The van der Waals surface area contributed by atoms with Gasteiger partial charge in [-0.15, -0.1) is 0 Å². The van der Waals surface area contributed by atoms with E-state index >= 15 is 0 Å². The van der Waals surface area contributed by atoms with Crippen LogP contribution >= 0.6 is 0 Å². The number of Topliss-reactive ketones (excluding diaryl/α,β-unsaturated/α-hetero) is 2. The minimum absolute atomic E-state index is 0.105. The average molecular weight is 1010 g/mol. The van der Waals surface area contributed by atoms with Crippen molar-refractivity contribution in [3.8, 4) is 0 Å². The number of amides is 1. The summed E-state index contributed by atoms with van der Waals surface area (Å²) in [5, 5.41) is 34.0. The van der Waals surface area contributed by atoms with Gasteiger partial charge in [0.2, 0.25) is 5.79 Å². The van der Waals surface area contributed by atoms with Crippen molar-refractivity contribution in [3.63, 3.8) is 0 Å². The van der Waals surface area contributed by atoms with Gasteiger partial charge in [0.05, 0.1) is 30.5 Å². The summed E-state index contributed by atoms with van der Waals surface area (Å²) in [6.45, 7) is 21.6. The van der Waals surface area contributed by atoms with E-state index in [2.05, 4.69) is 27.4 Å². The van der Waals surface area contributed by atoms with E-state index < -0.39 is 71.8 Å². The molecule has 1 amide bonds. The summed E-state index contributed by atoms with van der Waals surface area (Å²) < 4.78 is 36.0. The van der Waals surface area contributed by atoms with Crippen LogP contribution in [-0.2, 0) is 47.6 Å². The number of carbonyl (C=O) groups is 4. The molecule has 3 saturated heterocycles. The van der Waals surface area contributed by atoms with Crippen LogP contribution in [0.3, 0.4) is 0 Å². The molecule has 0 aromatic heterocycles. The Morgan fingerprint density at radius 1 is 0.875 bits per heavy atom. The van der Waals surface area contributed by atoms with Gasteiger partial charge in [0.1, 0.15) is 24.0 Å². The van der Waals surface area contributed by atoms with Gasteiger partial charge in [0.15, 0.2) is 0 Å². The molecule has 0 bridgehead atoms. The lowest BCUT2D eigenvalue weighted by Gasteiger charge is -2.43. The maximum absolute atomic E-state index is 14.5. The van der Waals surface area contributed by atoms with Crippen LogP contribution in [0.25, 0.3) is 0 Å². The summed E-state index contributed by atoms with van der Waals surface area (Å²) in [5.74, 6) is -5.57. The number of likely N-dealkylation sites (tertiary alicyclic amines) is 1. The van der Waals surface area contributed by atoms with Crippen molar-refractivity contribution in [2.24, 2.45) is 41.4 Å². The number of hydrogen-bond acceptors (Lipinski definition) is 13. The van der Waals surface area contributed by atoms with Crippen molar-refractivity contribution in [2.45, 2.75) is 213 Å². The molecular formula is C58H95NO13. The first-order chi connectivity index (χ1) is 34.2. The lowest BCUT2D eigenvalue weighted by molar-refractivity contribution is -0.266. The topological polar surface area (TPSA) is 188 Å². The minimum atomic E-state index is -2.43. The van der Waals surface area contributed by atoms with Crippen LogP contribution in [0.4, 0.5) is 0 Å². The second-order valence-corrected chi connectivity index (χ2v) is 22.5. The Morgan fingerprint density at radius 2 is 1.60 bits per heavy atom. The van der Waals surface area contributed by atoms with Gasteiger partial charge in [-0.2, -0.15) is 0 Å². The van der Waals surface area contributed by atoms with E-state index in [1.165, 1.54) is 4.90 Å². The Morgan fingerprint density at radius 3 is 2.26 bits per heavy atom. The van der Waals surface area contributed by atoms with E-state index in [1.54, 1.807) is 47.1 Å². The summed E-state index contributed by atoms with van der Waals surface area (Å²) >= 11 is 0. The fourth-order valence-electron chi connectivity index (χ4n) is 11.5. The molecule has 1 aliphatic carbocycles. The molecule has 1 saturated carbocycles. The number of methoxy groups -OCH3 is 2. The number of ketones is 2. The molecule has 3 N–H and O–H groups in total. The Hall–Kier alpha value is -3.08. The monoisotopic (exact) mass is 1010 g/mol. The number of rotatable bonds is 28. The van der Waals surface area contributed by atoms with E-state index in [0.29, 0.717) is 87.7 Å². The van der Waals surface area contributed by atoms with Crippen molar-refractivity contribution in [1.29, 1.82) is 0 Å². The van der Waals surface area contributed by atoms with Gasteiger partial charge >= 0.3 is 5.97 Å². The number of nitrogens with zero attached hydrogens (tertiary/aromatic N) is 1. The molecule has 4 aliphatic rings. The lowest BCUT2D eigenvalue weighted by atomic mass is 9.78. The molecule has 0 aromatic carbocycles. The van der Waals surface area contributed by atoms with Crippen LogP contribution < -0.4 is 0 Å². The zero-order valence-corrected chi connectivity index (χ0v) is 45.8. The van der Waals surface area contributed by atoms with E-state index in [-0.39, 0.29) is 49.2 Å². The van der Waals surface area contributed by atoms with E-state index in [9.17, 15) is 34.5 Å². The highest BCUT2D eigenvalue weighted by Crippen LogP contribution is 2.38. The summed E-state index contributed by atoms with van der Waals surface area (Å²) in [6, 6.07) is -1.12. The van der Waals surface area contributed by atoms with Gasteiger partial charge in [-0.3, -0.25) is 14.4 Å². The van der Waals surface area contributed by atoms with Crippen LogP contribution in [0.1, 0.15) is 158 Å². The summed E-state index contributed by atoms with van der Waals surface area (Å²) in [5.41, 5.74) is 1.57. The number of ether oxygens (including phenoxy) is 6. The largest absolute Gasteiger partial charge is 0.460 e. The highest BCUT2D eigenvalue weighted by molar-refractivity contribution is 6.39. The van der Waals surface area contributed by atoms with E-state index in [0.717, 1.165) is 50.9 Å². The van der Waals surface area contributed by atoms with Gasteiger partial charge < -0.3 is 48.6 Å². The lowest BCUT2D eigenvalue weighted by Crippen LogP contribution is -2.61. The predicted octanol–water partition coefficient (Wildman–Crippen LogP) is 8.82. The highest BCUT2D eigenvalue weighted by Gasteiger charge is 2.53. The third-order valence-electron chi connectivity index (χ3n) is 16.1. The molecule has 2 unspecified atom stereocenters. The number of carbonyl (C=O) groups excluding carboxylic acids is 4. The van der Waals surface area contributed by atoms with Crippen molar-refractivity contribution < 1.29 is 62.9 Å². The number of aliphatic hydroxyl groups excluding tert-OH is 2.